The summed E-state index contributed by atoms with van der Waals surface area (Å²) in [6, 6.07) is -0.0500. The largest absolute Gasteiger partial charge is 0.480 e. The fourth-order valence-electron chi connectivity index (χ4n) is 1.89. The van der Waals surface area contributed by atoms with Crippen LogP contribution in [-0.4, -0.2) is 61.6 Å². The number of nitro groups is 1. The number of carbonyl (C=O) groups excluding carboxylic acids is 2. The van der Waals surface area contributed by atoms with Crippen LogP contribution >= 0.6 is 0 Å². The molecule has 1 aromatic heterocycles. The summed E-state index contributed by atoms with van der Waals surface area (Å²) >= 11 is 0. The van der Waals surface area contributed by atoms with Gasteiger partial charge in [0.05, 0.1) is 17.4 Å². The summed E-state index contributed by atoms with van der Waals surface area (Å²) in [5.74, 6) is -2.79. The first-order chi connectivity index (χ1) is 9.88. The maximum absolute atomic E-state index is 12.1. The number of hydrogen-bond acceptors (Lipinski definition) is 6. The molecule has 2 heterocycles. The molecule has 1 aliphatic heterocycles. The summed E-state index contributed by atoms with van der Waals surface area (Å²) in [6.45, 7) is -0.941. The summed E-state index contributed by atoms with van der Waals surface area (Å²) in [5, 5.41) is 25.4. The second-order valence-corrected chi connectivity index (χ2v) is 4.31. The topological polar surface area (TPSA) is 148 Å². The van der Waals surface area contributed by atoms with Crippen LogP contribution in [0.15, 0.2) is 12.3 Å². The fourth-order valence-corrected chi connectivity index (χ4v) is 1.89. The molecule has 112 valence electrons. The molecule has 2 amide bonds. The molecule has 0 bridgehead atoms. The van der Waals surface area contributed by atoms with Gasteiger partial charge in [0.2, 0.25) is 11.8 Å². The summed E-state index contributed by atoms with van der Waals surface area (Å²) in [5.41, 5.74) is 0. The highest BCUT2D eigenvalue weighted by atomic mass is 16.6. The molecule has 11 heteroatoms. The van der Waals surface area contributed by atoms with Gasteiger partial charge in [0, 0.05) is 6.54 Å². The molecule has 1 aromatic rings. The lowest BCUT2D eigenvalue weighted by molar-refractivity contribution is -0.389. The van der Waals surface area contributed by atoms with Crippen molar-refractivity contribution in [3.8, 4) is 0 Å². The van der Waals surface area contributed by atoms with Crippen LogP contribution in [0, 0.1) is 10.1 Å². The lowest BCUT2D eigenvalue weighted by atomic mass is 10.2. The number of carboxylic acids is 1. The molecule has 2 N–H and O–H groups in total. The van der Waals surface area contributed by atoms with Crippen LogP contribution in [0.4, 0.5) is 5.82 Å². The van der Waals surface area contributed by atoms with Crippen molar-refractivity contribution in [2.24, 2.45) is 0 Å². The van der Waals surface area contributed by atoms with Crippen molar-refractivity contribution in [1.29, 1.82) is 0 Å². The van der Waals surface area contributed by atoms with Crippen LogP contribution < -0.4 is 5.32 Å². The number of piperazine rings is 1. The Labute approximate surface area is 117 Å². The molecule has 0 radical (unpaired) electrons. The average molecular weight is 297 g/mol. The summed E-state index contributed by atoms with van der Waals surface area (Å²) in [7, 11) is 0. The van der Waals surface area contributed by atoms with Crippen molar-refractivity contribution in [2.75, 3.05) is 13.1 Å². The SMILES string of the molecule is O=C1CN(C(=O)Cn2ccc([N+](=O)[O-])n2)C(C(=O)O)CN1. The van der Waals surface area contributed by atoms with Crippen LogP contribution in [0.5, 0.6) is 0 Å². The maximum Gasteiger partial charge on any atom is 0.389 e. The van der Waals surface area contributed by atoms with Crippen molar-refractivity contribution in [3.05, 3.63) is 22.4 Å². The molecule has 1 aliphatic rings. The van der Waals surface area contributed by atoms with E-state index < -0.39 is 34.6 Å². The van der Waals surface area contributed by atoms with Crippen LogP contribution in [0.3, 0.4) is 0 Å². The number of hydrogen-bond donors (Lipinski definition) is 2. The van der Waals surface area contributed by atoms with E-state index in [0.717, 1.165) is 15.6 Å². The monoisotopic (exact) mass is 297 g/mol. The minimum Gasteiger partial charge on any atom is -0.480 e. The molecule has 0 spiro atoms. The van der Waals surface area contributed by atoms with Crippen molar-refractivity contribution in [2.45, 2.75) is 12.6 Å². The Morgan fingerprint density at radius 2 is 2.29 bits per heavy atom. The normalized spacial score (nSPS) is 18.2. The Morgan fingerprint density at radius 3 is 2.86 bits per heavy atom. The van der Waals surface area contributed by atoms with E-state index in [1.54, 1.807) is 0 Å². The van der Waals surface area contributed by atoms with Crippen LogP contribution in [-0.2, 0) is 20.9 Å². The minimum absolute atomic E-state index is 0.181. The third-order valence-electron chi connectivity index (χ3n) is 2.90. The smallest absolute Gasteiger partial charge is 0.389 e. The Hall–Kier alpha value is -2.98. The van der Waals surface area contributed by atoms with E-state index in [9.17, 15) is 24.5 Å². The number of amides is 2. The number of carbonyl (C=O) groups is 3. The highest BCUT2D eigenvalue weighted by Crippen LogP contribution is 2.09. The maximum atomic E-state index is 12.1. The van der Waals surface area contributed by atoms with Gasteiger partial charge in [-0.1, -0.05) is 0 Å². The van der Waals surface area contributed by atoms with E-state index in [2.05, 4.69) is 10.4 Å². The number of aromatic nitrogens is 2. The first-order valence-electron chi connectivity index (χ1n) is 5.85. The van der Waals surface area contributed by atoms with Gasteiger partial charge in [0.25, 0.3) is 0 Å². The van der Waals surface area contributed by atoms with Gasteiger partial charge >= 0.3 is 11.8 Å². The van der Waals surface area contributed by atoms with E-state index >= 15 is 0 Å². The summed E-state index contributed by atoms with van der Waals surface area (Å²) in [4.78, 5) is 45.1. The van der Waals surface area contributed by atoms with Gasteiger partial charge in [-0.3, -0.25) is 9.59 Å². The molecular weight excluding hydrogens is 286 g/mol. The molecular formula is C10H11N5O6. The second-order valence-electron chi connectivity index (χ2n) is 4.31. The second kappa shape index (κ2) is 5.56. The van der Waals surface area contributed by atoms with Crippen molar-refractivity contribution >= 4 is 23.6 Å². The number of nitrogens with zero attached hydrogens (tertiary/aromatic N) is 4. The molecule has 21 heavy (non-hydrogen) atoms. The minimum atomic E-state index is -1.24. The Balaban J connectivity index is 2.10. The van der Waals surface area contributed by atoms with Gasteiger partial charge in [0.15, 0.2) is 0 Å². The first kappa shape index (κ1) is 14.4. The number of aliphatic carboxylic acids is 1. The van der Waals surface area contributed by atoms with Crippen LogP contribution in [0.2, 0.25) is 0 Å². The standard InChI is InChI=1S/C10H11N5O6/c16-8-4-14(6(3-11-8)10(18)19)9(17)5-13-2-1-7(12-13)15(20)21/h1-2,6H,3-5H2,(H,11,16)(H,18,19). The molecule has 1 atom stereocenters. The van der Waals surface area contributed by atoms with Crippen LogP contribution in [0.1, 0.15) is 0 Å². The zero-order valence-corrected chi connectivity index (χ0v) is 10.6. The summed E-state index contributed by atoms with van der Waals surface area (Å²) < 4.78 is 1.02. The van der Waals surface area contributed by atoms with Gasteiger partial charge in [-0.25, -0.2) is 4.79 Å². The highest BCUT2D eigenvalue weighted by Gasteiger charge is 2.35. The molecule has 0 aliphatic carbocycles. The molecule has 11 nitrogen and oxygen atoms in total. The fraction of sp³-hybridized carbons (Fsp3) is 0.400. The molecule has 0 saturated carbocycles. The Kier molecular flexibility index (Phi) is 3.82. The average Bonchev–Trinajstić information content (AvgIpc) is 2.86. The van der Waals surface area contributed by atoms with Crippen molar-refractivity contribution < 1.29 is 24.4 Å². The van der Waals surface area contributed by atoms with E-state index in [1.807, 2.05) is 0 Å². The summed E-state index contributed by atoms with van der Waals surface area (Å²) in [6.07, 6.45) is 1.23. The Bertz CT molecular complexity index is 611. The number of carboxylic acid groups (broad SMARTS) is 1. The predicted octanol–water partition coefficient (Wildman–Crippen LogP) is -1.80. The van der Waals surface area contributed by atoms with E-state index in [1.165, 1.54) is 6.20 Å². The lowest BCUT2D eigenvalue weighted by Gasteiger charge is -2.32. The highest BCUT2D eigenvalue weighted by molar-refractivity contribution is 5.91. The molecule has 1 unspecified atom stereocenters. The van der Waals surface area contributed by atoms with Gasteiger partial charge in [-0.2, -0.15) is 4.68 Å². The van der Waals surface area contributed by atoms with Gasteiger partial charge < -0.3 is 25.4 Å². The third kappa shape index (κ3) is 3.13. The molecule has 0 aromatic carbocycles. The molecule has 2 rings (SSSR count). The quantitative estimate of drug-likeness (QED) is 0.492. The van der Waals surface area contributed by atoms with Crippen LogP contribution in [0.25, 0.3) is 0 Å². The van der Waals surface area contributed by atoms with E-state index in [0.29, 0.717) is 0 Å². The van der Waals surface area contributed by atoms with Crippen molar-refractivity contribution in [1.82, 2.24) is 20.0 Å². The van der Waals surface area contributed by atoms with E-state index in [4.69, 9.17) is 5.11 Å². The number of nitrogens with one attached hydrogen (secondary N) is 1. The zero-order valence-electron chi connectivity index (χ0n) is 10.6. The lowest BCUT2D eigenvalue weighted by Crippen LogP contribution is -2.59. The van der Waals surface area contributed by atoms with Gasteiger partial charge in [-0.05, 0) is 4.92 Å². The zero-order chi connectivity index (χ0) is 15.6. The van der Waals surface area contributed by atoms with E-state index in [-0.39, 0.29) is 19.6 Å². The molecule has 1 saturated heterocycles. The molecule has 1 fully saturated rings. The van der Waals surface area contributed by atoms with Gasteiger partial charge in [0.1, 0.15) is 19.1 Å². The predicted molar refractivity (Wildman–Crippen MR) is 65.0 cm³/mol. The van der Waals surface area contributed by atoms with Gasteiger partial charge in [-0.15, -0.1) is 0 Å². The third-order valence-corrected chi connectivity index (χ3v) is 2.90. The first-order valence-corrected chi connectivity index (χ1v) is 5.85. The Morgan fingerprint density at radius 1 is 1.57 bits per heavy atom. The number of rotatable bonds is 4. The van der Waals surface area contributed by atoms with Crippen molar-refractivity contribution in [3.63, 3.8) is 0 Å².